The van der Waals surface area contributed by atoms with Gasteiger partial charge in [-0.3, -0.25) is 0 Å². The van der Waals surface area contributed by atoms with Crippen molar-refractivity contribution in [1.82, 2.24) is 0 Å². The van der Waals surface area contributed by atoms with Crippen LogP contribution in [0.4, 0.5) is 33.3 Å². The molecule has 0 unspecified atom stereocenters. The first kappa shape index (κ1) is 14.8. The molecule has 0 aliphatic carbocycles. The van der Waals surface area contributed by atoms with Crippen molar-refractivity contribution < 1.29 is 22.0 Å². The van der Waals surface area contributed by atoms with Crippen LogP contribution in [-0.2, 0) is 6.18 Å². The SMILES string of the molecule is N#Cc1cc(F)c(Nc2cccc(C(F)(F)F)c2)c(F)c1. The summed E-state index contributed by atoms with van der Waals surface area (Å²) in [6, 6.07) is 7.09. The molecule has 2 rings (SSSR count). The standard InChI is InChI=1S/C14H7F5N2/c15-11-4-8(7-20)5-12(16)13(11)21-10-3-1-2-9(6-10)14(17,18)19/h1-6,21H. The van der Waals surface area contributed by atoms with E-state index in [0.29, 0.717) is 0 Å². The summed E-state index contributed by atoms with van der Waals surface area (Å²) in [5, 5.41) is 10.8. The van der Waals surface area contributed by atoms with Gasteiger partial charge in [0, 0.05) is 5.69 Å². The van der Waals surface area contributed by atoms with E-state index in [0.717, 1.165) is 30.3 Å². The van der Waals surface area contributed by atoms with Crippen LogP contribution in [0.15, 0.2) is 36.4 Å². The van der Waals surface area contributed by atoms with Gasteiger partial charge in [-0.15, -0.1) is 0 Å². The molecule has 7 heteroatoms. The van der Waals surface area contributed by atoms with Crippen LogP contribution in [0.25, 0.3) is 0 Å². The Kier molecular flexibility index (Phi) is 3.80. The molecule has 0 saturated heterocycles. The Morgan fingerprint density at radius 1 is 1.00 bits per heavy atom. The molecule has 0 aliphatic heterocycles. The monoisotopic (exact) mass is 298 g/mol. The van der Waals surface area contributed by atoms with E-state index >= 15 is 0 Å². The maximum atomic E-state index is 13.6. The van der Waals surface area contributed by atoms with Gasteiger partial charge in [0.1, 0.15) is 5.69 Å². The number of nitrogens with zero attached hydrogens (tertiary/aromatic N) is 1. The number of rotatable bonds is 2. The van der Waals surface area contributed by atoms with Crippen molar-refractivity contribution in [2.24, 2.45) is 0 Å². The van der Waals surface area contributed by atoms with Crippen molar-refractivity contribution in [3.8, 4) is 6.07 Å². The zero-order valence-corrected chi connectivity index (χ0v) is 10.3. The molecule has 0 aromatic heterocycles. The lowest BCUT2D eigenvalue weighted by Gasteiger charge is -2.12. The average molecular weight is 298 g/mol. The number of hydrogen-bond donors (Lipinski definition) is 1. The lowest BCUT2D eigenvalue weighted by atomic mass is 10.1. The molecule has 0 bridgehead atoms. The summed E-state index contributed by atoms with van der Waals surface area (Å²) in [6.07, 6.45) is -4.56. The molecule has 0 amide bonds. The van der Waals surface area contributed by atoms with E-state index in [1.165, 1.54) is 6.07 Å². The highest BCUT2D eigenvalue weighted by atomic mass is 19.4. The van der Waals surface area contributed by atoms with Crippen LogP contribution in [0.3, 0.4) is 0 Å². The van der Waals surface area contributed by atoms with Crippen molar-refractivity contribution in [1.29, 1.82) is 5.26 Å². The van der Waals surface area contributed by atoms with Gasteiger partial charge in [-0.1, -0.05) is 6.07 Å². The van der Waals surface area contributed by atoms with E-state index in [1.807, 2.05) is 0 Å². The number of hydrogen-bond acceptors (Lipinski definition) is 2. The maximum absolute atomic E-state index is 13.6. The summed E-state index contributed by atoms with van der Waals surface area (Å²) in [5.74, 6) is -2.13. The number of nitrogens with one attached hydrogen (secondary N) is 1. The molecule has 0 atom stereocenters. The summed E-state index contributed by atoms with van der Waals surface area (Å²) >= 11 is 0. The largest absolute Gasteiger partial charge is 0.416 e. The summed E-state index contributed by atoms with van der Waals surface area (Å²) in [5.41, 5.74) is -1.90. The molecule has 108 valence electrons. The van der Waals surface area contributed by atoms with Gasteiger partial charge < -0.3 is 5.32 Å². The molecule has 0 aliphatic rings. The highest BCUT2D eigenvalue weighted by Gasteiger charge is 2.30. The minimum absolute atomic E-state index is 0.118. The van der Waals surface area contributed by atoms with E-state index in [2.05, 4.69) is 5.32 Å². The van der Waals surface area contributed by atoms with Crippen LogP contribution in [0.5, 0.6) is 0 Å². The first-order valence-corrected chi connectivity index (χ1v) is 5.64. The molecule has 0 saturated carbocycles. The zero-order chi connectivity index (χ0) is 15.6. The van der Waals surface area contributed by atoms with Gasteiger partial charge in [0.25, 0.3) is 0 Å². The number of halogens is 5. The fraction of sp³-hybridized carbons (Fsp3) is 0.0714. The molecule has 0 radical (unpaired) electrons. The first-order chi connectivity index (χ1) is 9.81. The Morgan fingerprint density at radius 2 is 1.62 bits per heavy atom. The minimum atomic E-state index is -4.56. The molecular formula is C14H7F5N2. The van der Waals surface area contributed by atoms with Gasteiger partial charge in [-0.2, -0.15) is 18.4 Å². The summed E-state index contributed by atoms with van der Waals surface area (Å²) in [6.45, 7) is 0. The Bertz CT molecular complexity index is 693. The molecule has 0 spiro atoms. The van der Waals surface area contributed by atoms with Crippen molar-refractivity contribution in [3.05, 3.63) is 59.2 Å². The summed E-state index contributed by atoms with van der Waals surface area (Å²) in [4.78, 5) is 0. The minimum Gasteiger partial charge on any atom is -0.351 e. The first-order valence-electron chi connectivity index (χ1n) is 5.64. The Hall–Kier alpha value is -2.62. The Balaban J connectivity index is 2.38. The average Bonchev–Trinajstić information content (AvgIpc) is 2.42. The molecular weight excluding hydrogens is 291 g/mol. The van der Waals surface area contributed by atoms with E-state index < -0.39 is 29.1 Å². The molecule has 0 heterocycles. The third-order valence-electron chi connectivity index (χ3n) is 2.63. The van der Waals surface area contributed by atoms with Gasteiger partial charge in [0.15, 0.2) is 11.6 Å². The van der Waals surface area contributed by atoms with Crippen molar-refractivity contribution in [2.45, 2.75) is 6.18 Å². The van der Waals surface area contributed by atoms with Crippen LogP contribution in [0.1, 0.15) is 11.1 Å². The Morgan fingerprint density at radius 3 is 2.14 bits per heavy atom. The van der Waals surface area contributed by atoms with Gasteiger partial charge in [0.2, 0.25) is 0 Å². The second-order valence-corrected chi connectivity index (χ2v) is 4.13. The predicted molar refractivity (Wildman–Crippen MR) is 65.8 cm³/mol. The number of anilines is 2. The normalized spacial score (nSPS) is 11.0. The third-order valence-corrected chi connectivity index (χ3v) is 2.63. The van der Waals surface area contributed by atoms with Crippen LogP contribution < -0.4 is 5.32 Å². The Labute approximate surface area is 116 Å². The maximum Gasteiger partial charge on any atom is 0.416 e. The van der Waals surface area contributed by atoms with Crippen LogP contribution in [0, 0.1) is 23.0 Å². The van der Waals surface area contributed by atoms with Gasteiger partial charge in [0.05, 0.1) is 17.2 Å². The second-order valence-electron chi connectivity index (χ2n) is 4.13. The van der Waals surface area contributed by atoms with Crippen LogP contribution >= 0.6 is 0 Å². The smallest absolute Gasteiger partial charge is 0.351 e. The molecule has 21 heavy (non-hydrogen) atoms. The number of alkyl halides is 3. The van der Waals surface area contributed by atoms with E-state index in [9.17, 15) is 22.0 Å². The quantitative estimate of drug-likeness (QED) is 0.822. The zero-order valence-electron chi connectivity index (χ0n) is 10.3. The number of benzene rings is 2. The third kappa shape index (κ3) is 3.28. The lowest BCUT2D eigenvalue weighted by Crippen LogP contribution is -2.06. The van der Waals surface area contributed by atoms with Crippen LogP contribution in [-0.4, -0.2) is 0 Å². The van der Waals surface area contributed by atoms with E-state index in [1.54, 1.807) is 6.07 Å². The molecule has 2 aromatic rings. The van der Waals surface area contributed by atoms with Gasteiger partial charge in [-0.25, -0.2) is 8.78 Å². The number of nitriles is 1. The second kappa shape index (κ2) is 5.40. The van der Waals surface area contributed by atoms with Crippen LogP contribution in [0.2, 0.25) is 0 Å². The molecule has 1 N–H and O–H groups in total. The van der Waals surface area contributed by atoms with E-state index in [4.69, 9.17) is 5.26 Å². The topological polar surface area (TPSA) is 35.8 Å². The van der Waals surface area contributed by atoms with Crippen molar-refractivity contribution in [3.63, 3.8) is 0 Å². The highest BCUT2D eigenvalue weighted by Crippen LogP contribution is 2.32. The highest BCUT2D eigenvalue weighted by molar-refractivity contribution is 5.62. The van der Waals surface area contributed by atoms with Crippen molar-refractivity contribution in [2.75, 3.05) is 5.32 Å². The lowest BCUT2D eigenvalue weighted by molar-refractivity contribution is -0.137. The molecule has 0 fully saturated rings. The summed E-state index contributed by atoms with van der Waals surface area (Å²) in [7, 11) is 0. The predicted octanol–water partition coefficient (Wildman–Crippen LogP) is 4.60. The van der Waals surface area contributed by atoms with Crippen molar-refractivity contribution >= 4 is 11.4 Å². The fourth-order valence-electron chi connectivity index (χ4n) is 1.67. The van der Waals surface area contributed by atoms with Gasteiger partial charge in [-0.05, 0) is 30.3 Å². The fourth-order valence-corrected chi connectivity index (χ4v) is 1.67. The van der Waals surface area contributed by atoms with Gasteiger partial charge >= 0.3 is 6.18 Å². The molecule has 2 nitrogen and oxygen atoms in total. The summed E-state index contributed by atoms with van der Waals surface area (Å²) < 4.78 is 64.9. The molecule has 2 aromatic carbocycles. The van der Waals surface area contributed by atoms with E-state index in [-0.39, 0.29) is 11.3 Å².